The molecular weight excluding hydrogens is 360 g/mol. The minimum Gasteiger partial charge on any atom is -0.297 e. The highest BCUT2D eigenvalue weighted by Crippen LogP contribution is 2.21. The molecule has 3 aromatic carbocycles. The fraction of sp³-hybridized carbons (Fsp3) is 0.261. The molecule has 1 aliphatic rings. The molecule has 0 atom stereocenters. The van der Waals surface area contributed by atoms with Crippen LogP contribution in [-0.4, -0.2) is 56.2 Å². The van der Waals surface area contributed by atoms with E-state index in [1.54, 1.807) is 0 Å². The number of hydrogen-bond donors (Lipinski definition) is 0. The second-order valence-electron chi connectivity index (χ2n) is 7.53. The lowest BCUT2D eigenvalue weighted by Crippen LogP contribution is -2.45. The fourth-order valence-corrected chi connectivity index (χ4v) is 4.05. The number of benzene rings is 3. The van der Waals surface area contributed by atoms with Gasteiger partial charge in [-0.1, -0.05) is 60.7 Å². The van der Waals surface area contributed by atoms with Crippen LogP contribution in [0.4, 0.5) is 0 Å². The molecule has 29 heavy (non-hydrogen) atoms. The molecule has 0 N–H and O–H groups in total. The van der Waals surface area contributed by atoms with Crippen LogP contribution in [0.25, 0.3) is 16.5 Å². The molecule has 0 aliphatic carbocycles. The van der Waals surface area contributed by atoms with Gasteiger partial charge in [0.15, 0.2) is 5.82 Å². The van der Waals surface area contributed by atoms with Crippen molar-refractivity contribution in [2.75, 3.05) is 26.2 Å². The van der Waals surface area contributed by atoms with Gasteiger partial charge in [-0.3, -0.25) is 9.80 Å². The molecule has 0 unspecified atom stereocenters. The fourth-order valence-electron chi connectivity index (χ4n) is 4.05. The monoisotopic (exact) mass is 384 g/mol. The van der Waals surface area contributed by atoms with Gasteiger partial charge in [0.05, 0.1) is 12.2 Å². The highest BCUT2D eigenvalue weighted by Gasteiger charge is 2.20. The largest absolute Gasteiger partial charge is 0.297 e. The van der Waals surface area contributed by atoms with E-state index in [1.165, 1.54) is 16.3 Å². The quantitative estimate of drug-likeness (QED) is 0.529. The molecule has 1 aromatic heterocycles. The first kappa shape index (κ1) is 18.0. The number of hydrogen-bond acceptors (Lipinski definition) is 5. The van der Waals surface area contributed by atoms with Crippen molar-refractivity contribution in [2.24, 2.45) is 0 Å². The van der Waals surface area contributed by atoms with Crippen molar-refractivity contribution in [3.63, 3.8) is 0 Å². The standard InChI is InChI=1S/C23H24N6/c1-2-10-21(11-3-1)29-23(24-25-26-29)18-28-15-13-27(14-16-28)17-20-9-6-8-19-7-4-5-12-22(19)20/h1-12H,13-18H2. The Balaban J connectivity index is 1.22. The van der Waals surface area contributed by atoms with Crippen molar-refractivity contribution < 1.29 is 0 Å². The molecule has 0 spiro atoms. The van der Waals surface area contributed by atoms with E-state index >= 15 is 0 Å². The number of rotatable bonds is 5. The van der Waals surface area contributed by atoms with Gasteiger partial charge in [-0.2, -0.15) is 4.68 Å². The molecule has 0 bridgehead atoms. The number of piperazine rings is 1. The Hall–Kier alpha value is -3.09. The van der Waals surface area contributed by atoms with E-state index in [2.05, 4.69) is 67.8 Å². The predicted molar refractivity (Wildman–Crippen MR) is 114 cm³/mol. The van der Waals surface area contributed by atoms with Gasteiger partial charge in [0.25, 0.3) is 0 Å². The summed E-state index contributed by atoms with van der Waals surface area (Å²) in [5.41, 5.74) is 2.41. The number of para-hydroxylation sites is 1. The minimum atomic E-state index is 0.768. The Bertz CT molecular complexity index is 1080. The second kappa shape index (κ2) is 8.11. The Morgan fingerprint density at radius 1 is 0.690 bits per heavy atom. The Morgan fingerprint density at radius 3 is 2.21 bits per heavy atom. The second-order valence-corrected chi connectivity index (χ2v) is 7.53. The Morgan fingerprint density at radius 2 is 1.38 bits per heavy atom. The molecule has 0 amide bonds. The zero-order valence-corrected chi connectivity index (χ0v) is 16.4. The zero-order chi connectivity index (χ0) is 19.5. The van der Waals surface area contributed by atoms with E-state index in [-0.39, 0.29) is 0 Å². The van der Waals surface area contributed by atoms with Crippen LogP contribution < -0.4 is 0 Å². The summed E-state index contributed by atoms with van der Waals surface area (Å²) in [4.78, 5) is 4.98. The van der Waals surface area contributed by atoms with Crippen LogP contribution in [0.15, 0.2) is 72.8 Å². The third-order valence-corrected chi connectivity index (χ3v) is 5.64. The van der Waals surface area contributed by atoms with Gasteiger partial charge in [0.2, 0.25) is 0 Å². The van der Waals surface area contributed by atoms with Gasteiger partial charge in [-0.25, -0.2) is 0 Å². The first-order valence-electron chi connectivity index (χ1n) is 10.1. The maximum absolute atomic E-state index is 4.25. The molecule has 6 nitrogen and oxygen atoms in total. The van der Waals surface area contributed by atoms with E-state index in [9.17, 15) is 0 Å². The highest BCUT2D eigenvalue weighted by atomic mass is 15.5. The molecule has 1 aliphatic heterocycles. The van der Waals surface area contributed by atoms with Crippen molar-refractivity contribution in [1.29, 1.82) is 0 Å². The third kappa shape index (κ3) is 3.90. The zero-order valence-electron chi connectivity index (χ0n) is 16.4. The van der Waals surface area contributed by atoms with Gasteiger partial charge < -0.3 is 0 Å². The van der Waals surface area contributed by atoms with E-state index in [1.807, 2.05) is 35.0 Å². The van der Waals surface area contributed by atoms with Crippen LogP contribution in [0.2, 0.25) is 0 Å². The molecular formula is C23H24N6. The van der Waals surface area contributed by atoms with E-state index in [0.717, 1.165) is 50.8 Å². The van der Waals surface area contributed by atoms with Crippen LogP contribution in [-0.2, 0) is 13.1 Å². The van der Waals surface area contributed by atoms with Crippen LogP contribution in [0, 0.1) is 0 Å². The molecule has 6 heteroatoms. The Kier molecular flexibility index (Phi) is 5.02. The molecule has 1 fully saturated rings. The molecule has 2 heterocycles. The van der Waals surface area contributed by atoms with Crippen LogP contribution in [0.3, 0.4) is 0 Å². The third-order valence-electron chi connectivity index (χ3n) is 5.64. The average Bonchev–Trinajstić information content (AvgIpc) is 3.24. The van der Waals surface area contributed by atoms with Gasteiger partial charge in [-0.15, -0.1) is 5.10 Å². The minimum absolute atomic E-state index is 0.768. The van der Waals surface area contributed by atoms with Crippen LogP contribution in [0.5, 0.6) is 0 Å². The van der Waals surface area contributed by atoms with Crippen molar-refractivity contribution in [3.05, 3.63) is 84.2 Å². The first-order valence-corrected chi connectivity index (χ1v) is 10.1. The summed E-state index contributed by atoms with van der Waals surface area (Å²) in [6.07, 6.45) is 0. The molecule has 4 aromatic rings. The first-order chi connectivity index (χ1) is 14.4. The summed E-state index contributed by atoms with van der Waals surface area (Å²) in [6.45, 7) is 5.91. The number of tetrazole rings is 1. The maximum Gasteiger partial charge on any atom is 0.170 e. The molecule has 0 saturated carbocycles. The number of nitrogens with zero attached hydrogens (tertiary/aromatic N) is 6. The molecule has 5 rings (SSSR count). The van der Waals surface area contributed by atoms with Gasteiger partial charge in [0.1, 0.15) is 0 Å². The van der Waals surface area contributed by atoms with Gasteiger partial charge >= 0.3 is 0 Å². The molecule has 0 radical (unpaired) electrons. The number of fused-ring (bicyclic) bond motifs is 1. The highest BCUT2D eigenvalue weighted by molar-refractivity contribution is 5.85. The van der Waals surface area contributed by atoms with Crippen LogP contribution in [0.1, 0.15) is 11.4 Å². The number of aromatic nitrogens is 4. The summed E-state index contributed by atoms with van der Waals surface area (Å²) in [7, 11) is 0. The van der Waals surface area contributed by atoms with Crippen molar-refractivity contribution in [3.8, 4) is 5.69 Å². The summed E-state index contributed by atoms with van der Waals surface area (Å²) in [5, 5.41) is 15.0. The van der Waals surface area contributed by atoms with E-state index in [0.29, 0.717) is 0 Å². The summed E-state index contributed by atoms with van der Waals surface area (Å²) >= 11 is 0. The predicted octanol–water partition coefficient (Wildman–Crippen LogP) is 3.13. The van der Waals surface area contributed by atoms with E-state index in [4.69, 9.17) is 0 Å². The maximum atomic E-state index is 4.25. The van der Waals surface area contributed by atoms with Crippen molar-refractivity contribution in [1.82, 2.24) is 30.0 Å². The SMILES string of the molecule is c1ccc(-n2nnnc2CN2CCN(Cc3cccc4ccccc34)CC2)cc1. The van der Waals surface area contributed by atoms with Gasteiger partial charge in [0, 0.05) is 32.7 Å². The lowest BCUT2D eigenvalue weighted by molar-refractivity contribution is 0.119. The summed E-state index contributed by atoms with van der Waals surface area (Å²) in [6, 6.07) is 25.3. The topological polar surface area (TPSA) is 50.1 Å². The van der Waals surface area contributed by atoms with Crippen molar-refractivity contribution >= 4 is 10.8 Å². The molecule has 1 saturated heterocycles. The van der Waals surface area contributed by atoms with Crippen LogP contribution >= 0.6 is 0 Å². The smallest absolute Gasteiger partial charge is 0.170 e. The Labute approximate surface area is 170 Å². The molecule has 146 valence electrons. The summed E-state index contributed by atoms with van der Waals surface area (Å²) in [5.74, 6) is 0.888. The summed E-state index contributed by atoms with van der Waals surface area (Å²) < 4.78 is 1.84. The lowest BCUT2D eigenvalue weighted by Gasteiger charge is -2.34. The normalized spacial score (nSPS) is 15.7. The van der Waals surface area contributed by atoms with Gasteiger partial charge in [-0.05, 0) is 38.9 Å². The average molecular weight is 384 g/mol. The van der Waals surface area contributed by atoms with E-state index < -0.39 is 0 Å². The van der Waals surface area contributed by atoms with Crippen molar-refractivity contribution in [2.45, 2.75) is 13.1 Å². The lowest BCUT2D eigenvalue weighted by atomic mass is 10.0.